The first-order valence-electron chi connectivity index (χ1n) is 6.02. The molecule has 0 aromatic carbocycles. The number of carbonyl (C=O) groups is 1. The molecule has 0 fully saturated rings. The van der Waals surface area contributed by atoms with Gasteiger partial charge in [-0.2, -0.15) is 0 Å². The van der Waals surface area contributed by atoms with Gasteiger partial charge in [0.1, 0.15) is 12.0 Å². The van der Waals surface area contributed by atoms with E-state index >= 15 is 0 Å². The van der Waals surface area contributed by atoms with Crippen LogP contribution >= 0.6 is 11.8 Å². The summed E-state index contributed by atoms with van der Waals surface area (Å²) in [4.78, 5) is 22.8. The lowest BCUT2D eigenvalue weighted by Crippen LogP contribution is -2.29. The van der Waals surface area contributed by atoms with Crippen molar-refractivity contribution >= 4 is 17.7 Å². The van der Waals surface area contributed by atoms with Crippen LogP contribution in [0.4, 0.5) is 0 Å². The second-order valence-electron chi connectivity index (χ2n) is 4.03. The lowest BCUT2D eigenvalue weighted by atomic mass is 10.3. The largest absolute Gasteiger partial charge is 0.468 e. The van der Waals surface area contributed by atoms with Crippen molar-refractivity contribution in [3.05, 3.63) is 34.1 Å². The van der Waals surface area contributed by atoms with Gasteiger partial charge in [0.05, 0.1) is 11.3 Å². The molecule has 0 atom stereocenters. The van der Waals surface area contributed by atoms with E-state index in [4.69, 9.17) is 10.3 Å². The minimum atomic E-state index is -0.410. The first-order valence-corrected chi connectivity index (χ1v) is 7.00. The molecule has 0 saturated heterocycles. The molecule has 108 valence electrons. The number of aromatic nitrogens is 3. The van der Waals surface area contributed by atoms with E-state index in [9.17, 15) is 9.59 Å². The van der Waals surface area contributed by atoms with Crippen LogP contribution in [0.15, 0.2) is 26.7 Å². The SMILES string of the molecule is CCCn1c(SCc2cc(C(=O)NN)co2)n[nH]c1=O. The summed E-state index contributed by atoms with van der Waals surface area (Å²) in [7, 11) is 0. The molecular weight excluding hydrogens is 282 g/mol. The number of rotatable bonds is 6. The van der Waals surface area contributed by atoms with Gasteiger partial charge in [-0.25, -0.2) is 15.7 Å². The molecule has 0 bridgehead atoms. The molecule has 20 heavy (non-hydrogen) atoms. The maximum atomic E-state index is 11.5. The van der Waals surface area contributed by atoms with Gasteiger partial charge in [0.25, 0.3) is 5.91 Å². The summed E-state index contributed by atoms with van der Waals surface area (Å²) in [5, 5.41) is 6.97. The third kappa shape index (κ3) is 3.11. The Kier molecular flexibility index (Phi) is 4.64. The van der Waals surface area contributed by atoms with Crippen LogP contribution in [0, 0.1) is 0 Å². The maximum Gasteiger partial charge on any atom is 0.343 e. The summed E-state index contributed by atoms with van der Waals surface area (Å²) in [5.74, 6) is 5.69. The van der Waals surface area contributed by atoms with Crippen molar-refractivity contribution in [1.82, 2.24) is 20.2 Å². The quantitative estimate of drug-likeness (QED) is 0.309. The number of nitrogen functional groups attached to an aromatic ring is 1. The predicted octanol–water partition coefficient (Wildman–Crippen LogP) is 0.470. The maximum absolute atomic E-state index is 11.5. The number of amides is 1. The van der Waals surface area contributed by atoms with Crippen LogP contribution in [-0.2, 0) is 12.3 Å². The molecule has 0 spiro atoms. The molecule has 9 heteroatoms. The predicted molar refractivity (Wildman–Crippen MR) is 73.1 cm³/mol. The minimum absolute atomic E-state index is 0.225. The topological polar surface area (TPSA) is 119 Å². The van der Waals surface area contributed by atoms with E-state index < -0.39 is 5.91 Å². The Morgan fingerprint density at radius 3 is 3.15 bits per heavy atom. The Balaban J connectivity index is 2.03. The van der Waals surface area contributed by atoms with E-state index in [0.717, 1.165) is 6.42 Å². The number of carbonyl (C=O) groups excluding carboxylic acids is 1. The highest BCUT2D eigenvalue weighted by Gasteiger charge is 2.12. The molecule has 2 aromatic heterocycles. The first kappa shape index (κ1) is 14.4. The Morgan fingerprint density at radius 2 is 2.45 bits per heavy atom. The zero-order chi connectivity index (χ0) is 14.5. The monoisotopic (exact) mass is 297 g/mol. The Hall–Kier alpha value is -2.00. The van der Waals surface area contributed by atoms with Gasteiger partial charge in [-0.15, -0.1) is 5.10 Å². The number of aromatic amines is 1. The molecule has 2 heterocycles. The van der Waals surface area contributed by atoms with Crippen molar-refractivity contribution in [3.63, 3.8) is 0 Å². The van der Waals surface area contributed by atoms with E-state index in [1.807, 2.05) is 12.3 Å². The summed E-state index contributed by atoms with van der Waals surface area (Å²) < 4.78 is 6.82. The van der Waals surface area contributed by atoms with Crippen molar-refractivity contribution < 1.29 is 9.21 Å². The van der Waals surface area contributed by atoms with Gasteiger partial charge < -0.3 is 4.42 Å². The molecule has 0 aliphatic carbocycles. The van der Waals surface area contributed by atoms with E-state index in [1.54, 1.807) is 10.6 Å². The molecule has 0 aliphatic rings. The number of hydrogen-bond acceptors (Lipinski definition) is 6. The number of thioether (sulfide) groups is 1. The molecule has 0 unspecified atom stereocenters. The highest BCUT2D eigenvalue weighted by atomic mass is 32.2. The molecule has 2 aromatic rings. The number of furan rings is 1. The number of nitrogens with two attached hydrogens (primary N) is 1. The van der Waals surface area contributed by atoms with E-state index in [1.165, 1.54) is 18.0 Å². The summed E-state index contributed by atoms with van der Waals surface area (Å²) in [6.07, 6.45) is 2.18. The van der Waals surface area contributed by atoms with Gasteiger partial charge in [0.15, 0.2) is 5.16 Å². The number of nitrogens with zero attached hydrogens (tertiary/aromatic N) is 2. The number of H-pyrrole nitrogens is 1. The Morgan fingerprint density at radius 1 is 1.65 bits per heavy atom. The highest BCUT2D eigenvalue weighted by molar-refractivity contribution is 7.98. The second kappa shape index (κ2) is 6.44. The van der Waals surface area contributed by atoms with Crippen LogP contribution < -0.4 is 17.0 Å². The van der Waals surface area contributed by atoms with Crippen molar-refractivity contribution in [2.24, 2.45) is 5.84 Å². The van der Waals surface area contributed by atoms with Crippen molar-refractivity contribution in [2.75, 3.05) is 0 Å². The molecule has 8 nitrogen and oxygen atoms in total. The summed E-state index contributed by atoms with van der Waals surface area (Å²) in [6.45, 7) is 2.59. The van der Waals surface area contributed by atoms with Crippen molar-refractivity contribution in [3.8, 4) is 0 Å². The van der Waals surface area contributed by atoms with Gasteiger partial charge >= 0.3 is 5.69 Å². The number of hydrazine groups is 1. The lowest BCUT2D eigenvalue weighted by molar-refractivity contribution is 0.0953. The second-order valence-corrected chi connectivity index (χ2v) is 4.97. The van der Waals surface area contributed by atoms with Crippen molar-refractivity contribution in [2.45, 2.75) is 30.8 Å². The molecule has 4 N–H and O–H groups in total. The van der Waals surface area contributed by atoms with Crippen LogP contribution in [-0.4, -0.2) is 20.7 Å². The van der Waals surface area contributed by atoms with Crippen LogP contribution in [0.25, 0.3) is 0 Å². The Bertz CT molecular complexity index is 645. The summed E-state index contributed by atoms with van der Waals surface area (Å²) in [6, 6.07) is 1.60. The average molecular weight is 297 g/mol. The van der Waals surface area contributed by atoms with E-state index in [-0.39, 0.29) is 5.69 Å². The number of hydrogen-bond donors (Lipinski definition) is 3. The smallest absolute Gasteiger partial charge is 0.343 e. The first-order chi connectivity index (χ1) is 9.65. The highest BCUT2D eigenvalue weighted by Crippen LogP contribution is 2.21. The molecule has 0 radical (unpaired) electrons. The van der Waals surface area contributed by atoms with Gasteiger partial charge in [0, 0.05) is 6.54 Å². The zero-order valence-corrected chi connectivity index (χ0v) is 11.7. The molecule has 2 rings (SSSR count). The average Bonchev–Trinajstić information content (AvgIpc) is 3.05. The Labute approximate surface area is 118 Å². The van der Waals surface area contributed by atoms with Gasteiger partial charge in [0.2, 0.25) is 0 Å². The normalized spacial score (nSPS) is 10.7. The lowest BCUT2D eigenvalue weighted by Gasteiger charge is -2.01. The van der Waals surface area contributed by atoms with Gasteiger partial charge in [-0.3, -0.25) is 14.8 Å². The van der Waals surface area contributed by atoms with Crippen molar-refractivity contribution in [1.29, 1.82) is 0 Å². The van der Waals surface area contributed by atoms with E-state index in [0.29, 0.717) is 28.8 Å². The van der Waals surface area contributed by atoms with Gasteiger partial charge in [-0.1, -0.05) is 18.7 Å². The van der Waals surface area contributed by atoms with Crippen LogP contribution in [0.2, 0.25) is 0 Å². The van der Waals surface area contributed by atoms with Crippen LogP contribution in [0.5, 0.6) is 0 Å². The summed E-state index contributed by atoms with van der Waals surface area (Å²) >= 11 is 1.36. The molecule has 0 saturated carbocycles. The third-order valence-electron chi connectivity index (χ3n) is 2.56. The van der Waals surface area contributed by atoms with Gasteiger partial charge in [-0.05, 0) is 12.5 Å². The molecule has 1 amide bonds. The molecule has 0 aliphatic heterocycles. The van der Waals surface area contributed by atoms with Crippen LogP contribution in [0.1, 0.15) is 29.5 Å². The third-order valence-corrected chi connectivity index (χ3v) is 3.56. The molecular formula is C11H15N5O3S. The minimum Gasteiger partial charge on any atom is -0.468 e. The standard InChI is InChI=1S/C11H15N5O3S/c1-2-3-16-10(18)14-15-11(16)20-6-8-4-7(5-19-8)9(17)13-12/h4-5H,2-3,6,12H2,1H3,(H,13,17)(H,14,18). The fourth-order valence-corrected chi connectivity index (χ4v) is 2.49. The fourth-order valence-electron chi connectivity index (χ4n) is 1.63. The fraction of sp³-hybridized carbons (Fsp3) is 0.364. The zero-order valence-electron chi connectivity index (χ0n) is 10.9. The van der Waals surface area contributed by atoms with Crippen LogP contribution in [0.3, 0.4) is 0 Å². The van der Waals surface area contributed by atoms with E-state index in [2.05, 4.69) is 10.2 Å². The summed E-state index contributed by atoms with van der Waals surface area (Å²) in [5.41, 5.74) is 2.16. The number of nitrogens with one attached hydrogen (secondary N) is 2.